The van der Waals surface area contributed by atoms with E-state index in [0.717, 1.165) is 10.8 Å². The molecule has 0 aromatic heterocycles. The van der Waals surface area contributed by atoms with Crippen molar-refractivity contribution in [2.24, 2.45) is 0 Å². The van der Waals surface area contributed by atoms with Crippen LogP contribution in [0, 0.1) is 0 Å². The number of carbonyl (C=O) groups is 1. The highest BCUT2D eigenvalue weighted by Crippen LogP contribution is 2.17. The summed E-state index contributed by atoms with van der Waals surface area (Å²) in [6.07, 6.45) is 0. The zero-order chi connectivity index (χ0) is 12.0. The van der Waals surface area contributed by atoms with E-state index in [0.29, 0.717) is 5.56 Å². The van der Waals surface area contributed by atoms with Crippen molar-refractivity contribution in [3.63, 3.8) is 0 Å². The number of hydrogen-bond donors (Lipinski definition) is 2. The molecule has 0 atom stereocenters. The summed E-state index contributed by atoms with van der Waals surface area (Å²) in [6, 6.07) is 12.7. The highest BCUT2D eigenvalue weighted by molar-refractivity contribution is 6.03. The Kier molecular flexibility index (Phi) is 4.48. The average molecular weight is 218 g/mol. The van der Waals surface area contributed by atoms with Gasteiger partial charge < -0.3 is 10.2 Å². The van der Waals surface area contributed by atoms with Crippen molar-refractivity contribution in [2.75, 3.05) is 6.61 Å². The zero-order valence-electron chi connectivity index (χ0n) is 9.05. The molecule has 0 aliphatic rings. The van der Waals surface area contributed by atoms with Gasteiger partial charge >= 0.3 is 5.97 Å². The molecule has 0 bridgehead atoms. The predicted octanol–water partition coefficient (Wildman–Crippen LogP) is 2.54. The number of aliphatic hydroxyl groups is 1. The summed E-state index contributed by atoms with van der Waals surface area (Å²) in [7, 11) is 0. The van der Waals surface area contributed by atoms with E-state index >= 15 is 0 Å². The summed E-state index contributed by atoms with van der Waals surface area (Å²) < 4.78 is 0. The van der Waals surface area contributed by atoms with Crippen molar-refractivity contribution < 1.29 is 15.0 Å². The van der Waals surface area contributed by atoms with Crippen LogP contribution in [0.5, 0.6) is 0 Å². The lowest BCUT2D eigenvalue weighted by atomic mass is 10.1. The number of carboxylic acids is 1. The Morgan fingerprint density at radius 1 is 1.12 bits per heavy atom. The maximum atomic E-state index is 10.8. The Bertz CT molecular complexity index is 472. The minimum atomic E-state index is -0.878. The summed E-state index contributed by atoms with van der Waals surface area (Å²) >= 11 is 0. The zero-order valence-corrected chi connectivity index (χ0v) is 9.05. The molecule has 2 aromatic carbocycles. The second-order valence-corrected chi connectivity index (χ2v) is 3.15. The minimum absolute atomic E-state index is 0.250. The van der Waals surface area contributed by atoms with Crippen LogP contribution in [0.3, 0.4) is 0 Å². The molecule has 0 heterocycles. The largest absolute Gasteiger partial charge is 0.478 e. The molecule has 0 unspecified atom stereocenters. The Morgan fingerprint density at radius 2 is 1.69 bits per heavy atom. The maximum Gasteiger partial charge on any atom is 0.336 e. The molecule has 0 aliphatic carbocycles. The molecular weight excluding hydrogens is 204 g/mol. The fourth-order valence-electron chi connectivity index (χ4n) is 1.41. The normalized spacial score (nSPS) is 9.38. The van der Waals surface area contributed by atoms with Crippen LogP contribution in [-0.2, 0) is 0 Å². The van der Waals surface area contributed by atoms with Gasteiger partial charge in [-0.1, -0.05) is 36.4 Å². The fraction of sp³-hybridized carbons (Fsp3) is 0.154. The number of hydrogen-bond acceptors (Lipinski definition) is 2. The number of rotatable bonds is 1. The number of benzene rings is 2. The first kappa shape index (κ1) is 12.2. The Balaban J connectivity index is 0.000000386. The summed E-state index contributed by atoms with van der Waals surface area (Å²) in [6.45, 7) is 1.93. The Labute approximate surface area is 94.0 Å². The van der Waals surface area contributed by atoms with Crippen LogP contribution in [0.15, 0.2) is 42.5 Å². The molecule has 0 saturated carbocycles. The molecule has 2 N–H and O–H groups in total. The molecule has 0 fully saturated rings. The molecule has 3 heteroatoms. The van der Waals surface area contributed by atoms with Crippen LogP contribution in [0.4, 0.5) is 0 Å². The van der Waals surface area contributed by atoms with Gasteiger partial charge in [0.1, 0.15) is 0 Å². The van der Waals surface area contributed by atoms with Crippen LogP contribution in [0.1, 0.15) is 17.3 Å². The minimum Gasteiger partial charge on any atom is -0.478 e. The van der Waals surface area contributed by atoms with Crippen LogP contribution in [0.25, 0.3) is 10.8 Å². The van der Waals surface area contributed by atoms with Crippen LogP contribution in [-0.4, -0.2) is 22.8 Å². The smallest absolute Gasteiger partial charge is 0.336 e. The van der Waals surface area contributed by atoms with Gasteiger partial charge in [0, 0.05) is 6.61 Å². The summed E-state index contributed by atoms with van der Waals surface area (Å²) in [5.41, 5.74) is 0.359. The van der Waals surface area contributed by atoms with E-state index in [2.05, 4.69) is 0 Å². The molecule has 2 rings (SSSR count). The van der Waals surface area contributed by atoms with Crippen molar-refractivity contribution in [2.45, 2.75) is 6.92 Å². The number of carboxylic acid groups (broad SMARTS) is 1. The van der Waals surface area contributed by atoms with E-state index in [1.54, 1.807) is 19.1 Å². The second kappa shape index (κ2) is 5.88. The SMILES string of the molecule is CCO.O=C(O)c1cccc2ccccc12. The van der Waals surface area contributed by atoms with Gasteiger partial charge in [-0.25, -0.2) is 4.79 Å². The van der Waals surface area contributed by atoms with Gasteiger partial charge in [0.25, 0.3) is 0 Å². The second-order valence-electron chi connectivity index (χ2n) is 3.15. The number of aromatic carboxylic acids is 1. The number of aliphatic hydroxyl groups excluding tert-OH is 1. The molecule has 0 radical (unpaired) electrons. The summed E-state index contributed by atoms with van der Waals surface area (Å²) in [5.74, 6) is -0.878. The maximum absolute atomic E-state index is 10.8. The van der Waals surface area contributed by atoms with Gasteiger partial charge in [-0.2, -0.15) is 0 Å². The molecule has 0 amide bonds. The molecule has 2 aromatic rings. The quantitative estimate of drug-likeness (QED) is 0.773. The third-order valence-electron chi connectivity index (χ3n) is 2.02. The summed E-state index contributed by atoms with van der Waals surface area (Å²) in [5, 5.41) is 18.2. The Hall–Kier alpha value is -1.87. The van der Waals surface area contributed by atoms with Crippen molar-refractivity contribution in [3.8, 4) is 0 Å². The first-order chi connectivity index (χ1) is 7.70. The lowest BCUT2D eigenvalue weighted by Crippen LogP contribution is -1.96. The summed E-state index contributed by atoms with van der Waals surface area (Å²) in [4.78, 5) is 10.8. The first-order valence-corrected chi connectivity index (χ1v) is 5.02. The fourth-order valence-corrected chi connectivity index (χ4v) is 1.41. The highest BCUT2D eigenvalue weighted by Gasteiger charge is 2.05. The van der Waals surface area contributed by atoms with E-state index in [1.807, 2.05) is 30.3 Å². The molecule has 0 spiro atoms. The molecule has 0 saturated heterocycles. The monoisotopic (exact) mass is 218 g/mol. The van der Waals surface area contributed by atoms with Crippen molar-refractivity contribution in [1.29, 1.82) is 0 Å². The van der Waals surface area contributed by atoms with Crippen molar-refractivity contribution in [1.82, 2.24) is 0 Å². The lowest BCUT2D eigenvalue weighted by Gasteiger charge is -2.00. The topological polar surface area (TPSA) is 57.5 Å². The van der Waals surface area contributed by atoms with Gasteiger partial charge in [-0.15, -0.1) is 0 Å². The Morgan fingerprint density at radius 3 is 2.31 bits per heavy atom. The predicted molar refractivity (Wildman–Crippen MR) is 63.7 cm³/mol. The standard InChI is InChI=1S/C11H8O2.C2H6O/c12-11(13)10-7-3-5-8-4-1-2-6-9(8)10;1-2-3/h1-7H,(H,12,13);3H,2H2,1H3. The van der Waals surface area contributed by atoms with E-state index < -0.39 is 5.97 Å². The van der Waals surface area contributed by atoms with Gasteiger partial charge in [0.05, 0.1) is 5.56 Å². The van der Waals surface area contributed by atoms with Crippen LogP contribution < -0.4 is 0 Å². The number of fused-ring (bicyclic) bond motifs is 1. The average Bonchev–Trinajstić information content (AvgIpc) is 2.29. The van der Waals surface area contributed by atoms with Crippen molar-refractivity contribution >= 4 is 16.7 Å². The van der Waals surface area contributed by atoms with Gasteiger partial charge in [-0.05, 0) is 23.8 Å². The van der Waals surface area contributed by atoms with Gasteiger partial charge in [0.2, 0.25) is 0 Å². The van der Waals surface area contributed by atoms with E-state index in [-0.39, 0.29) is 6.61 Å². The van der Waals surface area contributed by atoms with Gasteiger partial charge in [0.15, 0.2) is 0 Å². The third kappa shape index (κ3) is 2.81. The van der Waals surface area contributed by atoms with Gasteiger partial charge in [-0.3, -0.25) is 0 Å². The van der Waals surface area contributed by atoms with Crippen LogP contribution >= 0.6 is 0 Å². The van der Waals surface area contributed by atoms with E-state index in [1.165, 1.54) is 0 Å². The van der Waals surface area contributed by atoms with E-state index in [4.69, 9.17) is 10.2 Å². The molecule has 0 aliphatic heterocycles. The highest BCUT2D eigenvalue weighted by atomic mass is 16.4. The molecule has 84 valence electrons. The third-order valence-corrected chi connectivity index (χ3v) is 2.02. The molecular formula is C13H14O3. The lowest BCUT2D eigenvalue weighted by molar-refractivity contribution is 0.0699. The van der Waals surface area contributed by atoms with Crippen LogP contribution in [0.2, 0.25) is 0 Å². The molecule has 16 heavy (non-hydrogen) atoms. The molecule has 3 nitrogen and oxygen atoms in total. The van der Waals surface area contributed by atoms with E-state index in [9.17, 15) is 4.79 Å². The first-order valence-electron chi connectivity index (χ1n) is 5.02. The van der Waals surface area contributed by atoms with Crippen molar-refractivity contribution in [3.05, 3.63) is 48.0 Å².